The molecule has 2 nitrogen and oxygen atoms in total. The van der Waals surface area contributed by atoms with Gasteiger partial charge in [-0.1, -0.05) is 12.2 Å². The minimum atomic E-state index is -1.41. The second-order valence-corrected chi connectivity index (χ2v) is 8.42. The van der Waals surface area contributed by atoms with Crippen LogP contribution in [0.15, 0.2) is 12.2 Å². The maximum atomic E-state index is 9.15. The van der Waals surface area contributed by atoms with E-state index in [1.54, 1.807) is 0 Å². The summed E-state index contributed by atoms with van der Waals surface area (Å²) in [6, 6.07) is 0. The smallest absolute Gasteiger partial charge is 0.184 e. The molecule has 0 amide bonds. The molecule has 0 spiro atoms. The van der Waals surface area contributed by atoms with Gasteiger partial charge in [-0.3, -0.25) is 0 Å². The summed E-state index contributed by atoms with van der Waals surface area (Å²) in [5, 5.41) is 9.15. The van der Waals surface area contributed by atoms with Crippen molar-refractivity contribution in [3.05, 3.63) is 12.2 Å². The van der Waals surface area contributed by atoms with Crippen LogP contribution in [0.1, 0.15) is 6.42 Å². The molecule has 0 bridgehead atoms. The fraction of sp³-hybridized carbons (Fsp3) is 0.750. The van der Waals surface area contributed by atoms with Gasteiger partial charge in [-0.2, -0.15) is 0 Å². The van der Waals surface area contributed by atoms with E-state index in [2.05, 4.69) is 19.6 Å². The van der Waals surface area contributed by atoms with Crippen LogP contribution in [-0.4, -0.2) is 25.6 Å². The van der Waals surface area contributed by atoms with Gasteiger partial charge in [0.05, 0.1) is 12.2 Å². The maximum Gasteiger partial charge on any atom is 0.184 e. The van der Waals surface area contributed by atoms with E-state index in [0.29, 0.717) is 0 Å². The molecule has 1 rings (SSSR count). The Kier molecular flexibility index (Phi) is 2.52. The molecule has 0 saturated carbocycles. The molecule has 0 aromatic carbocycles. The monoisotopic (exact) mass is 172 g/mol. The van der Waals surface area contributed by atoms with Crippen LogP contribution in [0, 0.1) is 0 Å². The first-order valence-corrected chi connectivity index (χ1v) is 7.42. The van der Waals surface area contributed by atoms with Crippen molar-refractivity contribution in [2.24, 2.45) is 0 Å². The molecule has 0 radical (unpaired) electrons. The van der Waals surface area contributed by atoms with Crippen LogP contribution in [0.3, 0.4) is 0 Å². The van der Waals surface area contributed by atoms with E-state index >= 15 is 0 Å². The van der Waals surface area contributed by atoms with Gasteiger partial charge in [-0.05, 0) is 19.6 Å². The van der Waals surface area contributed by atoms with Gasteiger partial charge < -0.3 is 9.53 Å². The summed E-state index contributed by atoms with van der Waals surface area (Å²) in [5.74, 6) is 0. The Morgan fingerprint density at radius 1 is 1.36 bits per heavy atom. The standard InChI is InChI=1S/C8H16O2Si/c1-11(2,3)10-8-5-4-7(9)6-8/h4-5,7-9H,6H2,1-3H3. The second kappa shape index (κ2) is 3.09. The third-order valence-electron chi connectivity index (χ3n) is 1.53. The van der Waals surface area contributed by atoms with Gasteiger partial charge in [-0.25, -0.2) is 0 Å². The number of aliphatic hydroxyl groups is 1. The molecule has 0 aromatic heterocycles. The van der Waals surface area contributed by atoms with Crippen molar-refractivity contribution in [3.8, 4) is 0 Å². The van der Waals surface area contributed by atoms with Gasteiger partial charge in [-0.15, -0.1) is 0 Å². The summed E-state index contributed by atoms with van der Waals surface area (Å²) >= 11 is 0. The summed E-state index contributed by atoms with van der Waals surface area (Å²) in [7, 11) is -1.41. The lowest BCUT2D eigenvalue weighted by Crippen LogP contribution is -2.30. The van der Waals surface area contributed by atoms with E-state index in [1.807, 2.05) is 12.2 Å². The van der Waals surface area contributed by atoms with E-state index < -0.39 is 8.32 Å². The first-order valence-electron chi connectivity index (χ1n) is 4.01. The molecule has 1 aliphatic rings. The number of aliphatic hydroxyl groups excluding tert-OH is 1. The number of hydrogen-bond acceptors (Lipinski definition) is 2. The lowest BCUT2D eigenvalue weighted by molar-refractivity contribution is 0.161. The largest absolute Gasteiger partial charge is 0.411 e. The number of hydrogen-bond donors (Lipinski definition) is 1. The van der Waals surface area contributed by atoms with E-state index in [9.17, 15) is 0 Å². The van der Waals surface area contributed by atoms with Crippen LogP contribution in [0.25, 0.3) is 0 Å². The molecule has 2 atom stereocenters. The zero-order valence-corrected chi connectivity index (χ0v) is 8.37. The first-order chi connectivity index (χ1) is 4.97. The highest BCUT2D eigenvalue weighted by atomic mass is 28.4. The van der Waals surface area contributed by atoms with Crippen molar-refractivity contribution in [1.29, 1.82) is 0 Å². The molecule has 11 heavy (non-hydrogen) atoms. The molecule has 0 heterocycles. The fourth-order valence-corrected chi connectivity index (χ4v) is 2.27. The van der Waals surface area contributed by atoms with Gasteiger partial charge in [0.15, 0.2) is 8.32 Å². The predicted molar refractivity (Wildman–Crippen MR) is 48.0 cm³/mol. The Labute approximate surface area is 69.0 Å². The Morgan fingerprint density at radius 3 is 2.36 bits per heavy atom. The normalized spacial score (nSPS) is 31.3. The van der Waals surface area contributed by atoms with E-state index in [4.69, 9.17) is 9.53 Å². The molecule has 0 aromatic rings. The Bertz CT molecular complexity index is 160. The SMILES string of the molecule is C[Si](C)(C)OC1C=CC(O)C1. The van der Waals surface area contributed by atoms with Crippen LogP contribution >= 0.6 is 0 Å². The van der Waals surface area contributed by atoms with Crippen molar-refractivity contribution >= 4 is 8.32 Å². The Hall–Kier alpha value is -0.123. The summed E-state index contributed by atoms with van der Waals surface area (Å²) in [4.78, 5) is 0. The van der Waals surface area contributed by atoms with Gasteiger partial charge in [0.25, 0.3) is 0 Å². The van der Waals surface area contributed by atoms with Crippen molar-refractivity contribution in [2.75, 3.05) is 0 Å². The van der Waals surface area contributed by atoms with Crippen molar-refractivity contribution in [2.45, 2.75) is 38.3 Å². The zero-order chi connectivity index (χ0) is 8.48. The number of rotatable bonds is 2. The average molecular weight is 172 g/mol. The molecule has 2 unspecified atom stereocenters. The fourth-order valence-electron chi connectivity index (χ4n) is 1.19. The molecular weight excluding hydrogens is 156 g/mol. The quantitative estimate of drug-likeness (QED) is 0.505. The molecule has 0 saturated heterocycles. The Morgan fingerprint density at radius 2 is 2.00 bits per heavy atom. The highest BCUT2D eigenvalue weighted by Gasteiger charge is 2.23. The van der Waals surface area contributed by atoms with Gasteiger partial charge in [0, 0.05) is 6.42 Å². The highest BCUT2D eigenvalue weighted by molar-refractivity contribution is 6.69. The van der Waals surface area contributed by atoms with E-state index in [0.717, 1.165) is 6.42 Å². The van der Waals surface area contributed by atoms with Gasteiger partial charge in [0.1, 0.15) is 0 Å². The zero-order valence-electron chi connectivity index (χ0n) is 7.37. The predicted octanol–water partition coefficient (Wildman–Crippen LogP) is 1.53. The molecular formula is C8H16O2Si. The summed E-state index contributed by atoms with van der Waals surface area (Å²) in [5.41, 5.74) is 0. The highest BCUT2D eigenvalue weighted by Crippen LogP contribution is 2.18. The van der Waals surface area contributed by atoms with E-state index in [1.165, 1.54) is 0 Å². The molecule has 1 aliphatic carbocycles. The minimum absolute atomic E-state index is 0.164. The van der Waals surface area contributed by atoms with Crippen LogP contribution in [-0.2, 0) is 4.43 Å². The van der Waals surface area contributed by atoms with Crippen molar-refractivity contribution < 1.29 is 9.53 Å². The second-order valence-electron chi connectivity index (χ2n) is 3.96. The summed E-state index contributed by atoms with van der Waals surface area (Å²) in [6.45, 7) is 6.47. The molecule has 64 valence electrons. The van der Waals surface area contributed by atoms with Crippen LogP contribution in [0.2, 0.25) is 19.6 Å². The third-order valence-corrected chi connectivity index (χ3v) is 2.54. The summed E-state index contributed by atoms with van der Waals surface area (Å²) in [6.07, 6.45) is 4.39. The molecule has 0 aliphatic heterocycles. The minimum Gasteiger partial charge on any atom is -0.411 e. The molecule has 3 heteroatoms. The van der Waals surface area contributed by atoms with Crippen molar-refractivity contribution in [3.63, 3.8) is 0 Å². The van der Waals surface area contributed by atoms with Crippen molar-refractivity contribution in [1.82, 2.24) is 0 Å². The lowest BCUT2D eigenvalue weighted by Gasteiger charge is -2.22. The molecule has 1 N–H and O–H groups in total. The van der Waals surface area contributed by atoms with E-state index in [-0.39, 0.29) is 12.2 Å². The topological polar surface area (TPSA) is 29.5 Å². The van der Waals surface area contributed by atoms with Crippen LogP contribution in [0.5, 0.6) is 0 Å². The lowest BCUT2D eigenvalue weighted by atomic mass is 10.3. The molecule has 0 fully saturated rings. The first kappa shape index (κ1) is 8.97. The average Bonchev–Trinajstić information content (AvgIpc) is 2.10. The van der Waals surface area contributed by atoms with Crippen LogP contribution in [0.4, 0.5) is 0 Å². The van der Waals surface area contributed by atoms with Gasteiger partial charge in [0.2, 0.25) is 0 Å². The Balaban J connectivity index is 2.36. The maximum absolute atomic E-state index is 9.15. The third kappa shape index (κ3) is 3.18. The summed E-state index contributed by atoms with van der Waals surface area (Å²) < 4.78 is 5.76. The van der Waals surface area contributed by atoms with Crippen LogP contribution < -0.4 is 0 Å². The van der Waals surface area contributed by atoms with Gasteiger partial charge >= 0.3 is 0 Å².